The first-order chi connectivity index (χ1) is 8.41. The molecule has 0 radical (unpaired) electrons. The van der Waals surface area contributed by atoms with Crippen molar-refractivity contribution in [3.8, 4) is 0 Å². The highest BCUT2D eigenvalue weighted by Crippen LogP contribution is 2.31. The average Bonchev–Trinajstić information content (AvgIpc) is 2.54. The van der Waals surface area contributed by atoms with E-state index in [0.717, 1.165) is 6.07 Å². The highest BCUT2D eigenvalue weighted by Gasteiger charge is 2.22. The molecular weight excluding hydrogens is 243 g/mol. The molecular formula is C11H9FN2O4. The molecule has 6 nitrogen and oxygen atoms in total. The zero-order valence-corrected chi connectivity index (χ0v) is 9.38. The van der Waals surface area contributed by atoms with Crippen LogP contribution in [-0.4, -0.2) is 20.6 Å². The van der Waals surface area contributed by atoms with Gasteiger partial charge in [0, 0.05) is 5.69 Å². The summed E-state index contributed by atoms with van der Waals surface area (Å²) in [5.74, 6) is -2.00. The highest BCUT2D eigenvalue weighted by atomic mass is 19.1. The quantitative estimate of drug-likeness (QED) is 0.669. The van der Waals surface area contributed by atoms with Crippen LogP contribution in [0.1, 0.15) is 5.69 Å². The summed E-state index contributed by atoms with van der Waals surface area (Å²) in [6.07, 6.45) is 0. The van der Waals surface area contributed by atoms with E-state index in [-0.39, 0.29) is 11.9 Å². The molecule has 0 saturated heterocycles. The number of hydrogen-bond acceptors (Lipinski definition) is 3. The van der Waals surface area contributed by atoms with E-state index in [0.29, 0.717) is 11.2 Å². The van der Waals surface area contributed by atoms with E-state index in [2.05, 4.69) is 0 Å². The SMILES string of the molecule is Cc1cc2c([N+](=O)[O-])c(F)ccc2n1CC(=O)O. The van der Waals surface area contributed by atoms with Crippen molar-refractivity contribution < 1.29 is 19.2 Å². The maximum absolute atomic E-state index is 13.4. The van der Waals surface area contributed by atoms with Gasteiger partial charge in [-0.05, 0) is 25.1 Å². The summed E-state index contributed by atoms with van der Waals surface area (Å²) in [4.78, 5) is 20.7. The fourth-order valence-corrected chi connectivity index (χ4v) is 1.96. The molecule has 0 amide bonds. The summed E-state index contributed by atoms with van der Waals surface area (Å²) in [5, 5.41) is 19.7. The van der Waals surface area contributed by atoms with Crippen LogP contribution in [0.25, 0.3) is 10.9 Å². The number of carboxylic acids is 1. The Kier molecular flexibility index (Phi) is 2.74. The van der Waals surface area contributed by atoms with Gasteiger partial charge in [-0.25, -0.2) is 0 Å². The van der Waals surface area contributed by atoms with Crippen molar-refractivity contribution >= 4 is 22.6 Å². The molecule has 0 atom stereocenters. The number of benzene rings is 1. The molecule has 2 aromatic rings. The number of carbonyl (C=O) groups is 1. The molecule has 0 aliphatic carbocycles. The van der Waals surface area contributed by atoms with E-state index in [1.165, 1.54) is 16.7 Å². The van der Waals surface area contributed by atoms with Crippen LogP contribution in [0.15, 0.2) is 18.2 Å². The molecule has 1 aromatic heterocycles. The summed E-state index contributed by atoms with van der Waals surface area (Å²) in [6.45, 7) is 1.29. The number of hydrogen-bond donors (Lipinski definition) is 1. The topological polar surface area (TPSA) is 85.4 Å². The van der Waals surface area contributed by atoms with Gasteiger partial charge in [0.15, 0.2) is 0 Å². The number of nitrogens with zero attached hydrogens (tertiary/aromatic N) is 2. The van der Waals surface area contributed by atoms with Gasteiger partial charge in [0.25, 0.3) is 0 Å². The van der Waals surface area contributed by atoms with Crippen molar-refractivity contribution in [2.75, 3.05) is 0 Å². The Morgan fingerprint density at radius 3 is 2.78 bits per heavy atom. The molecule has 1 heterocycles. The number of halogens is 1. The molecule has 94 valence electrons. The first-order valence-corrected chi connectivity index (χ1v) is 5.06. The third-order valence-electron chi connectivity index (χ3n) is 2.69. The second kappa shape index (κ2) is 4.10. The molecule has 0 fully saturated rings. The van der Waals surface area contributed by atoms with Crippen molar-refractivity contribution in [1.82, 2.24) is 4.57 Å². The van der Waals surface area contributed by atoms with Crippen molar-refractivity contribution in [1.29, 1.82) is 0 Å². The van der Waals surface area contributed by atoms with E-state index in [4.69, 9.17) is 5.11 Å². The molecule has 18 heavy (non-hydrogen) atoms. The fourth-order valence-electron chi connectivity index (χ4n) is 1.96. The fraction of sp³-hybridized carbons (Fsp3) is 0.182. The number of nitro benzene ring substituents is 1. The van der Waals surface area contributed by atoms with Gasteiger partial charge in [0.1, 0.15) is 6.54 Å². The lowest BCUT2D eigenvalue weighted by Gasteiger charge is -2.04. The van der Waals surface area contributed by atoms with E-state index < -0.39 is 22.4 Å². The summed E-state index contributed by atoms with van der Waals surface area (Å²) < 4.78 is 14.8. The minimum absolute atomic E-state index is 0.110. The minimum Gasteiger partial charge on any atom is -0.480 e. The number of fused-ring (bicyclic) bond motifs is 1. The number of carboxylic acid groups (broad SMARTS) is 1. The van der Waals surface area contributed by atoms with Crippen LogP contribution >= 0.6 is 0 Å². The maximum Gasteiger partial charge on any atom is 0.323 e. The van der Waals surface area contributed by atoms with E-state index in [9.17, 15) is 19.3 Å². The van der Waals surface area contributed by atoms with Crippen LogP contribution in [0.2, 0.25) is 0 Å². The van der Waals surface area contributed by atoms with Gasteiger partial charge in [0.05, 0.1) is 15.8 Å². The average molecular weight is 252 g/mol. The molecule has 0 saturated carbocycles. The Bertz CT molecular complexity index is 663. The molecule has 0 unspecified atom stereocenters. The predicted octanol–water partition coefficient (Wildman–Crippen LogP) is 2.08. The summed E-state index contributed by atoms with van der Waals surface area (Å²) in [5.41, 5.74) is 0.240. The number of nitro groups is 1. The lowest BCUT2D eigenvalue weighted by atomic mass is 10.2. The number of aliphatic carboxylic acids is 1. The van der Waals surface area contributed by atoms with E-state index >= 15 is 0 Å². The molecule has 7 heteroatoms. The van der Waals surface area contributed by atoms with Crippen LogP contribution in [0.5, 0.6) is 0 Å². The number of aryl methyl sites for hydroxylation is 1. The second-order valence-corrected chi connectivity index (χ2v) is 3.85. The Hall–Kier alpha value is -2.44. The molecule has 2 rings (SSSR count). The summed E-state index contributed by atoms with van der Waals surface area (Å²) in [6, 6.07) is 3.73. The van der Waals surface area contributed by atoms with Gasteiger partial charge in [-0.3, -0.25) is 14.9 Å². The van der Waals surface area contributed by atoms with Gasteiger partial charge in [-0.2, -0.15) is 4.39 Å². The summed E-state index contributed by atoms with van der Waals surface area (Å²) in [7, 11) is 0. The Balaban J connectivity index is 2.78. The molecule has 1 aromatic carbocycles. The standard InChI is InChI=1S/C11H9FN2O4/c1-6-4-7-9(13(6)5-10(15)16)3-2-8(12)11(7)14(17)18/h2-4H,5H2,1H3,(H,15,16). The lowest BCUT2D eigenvalue weighted by molar-refractivity contribution is -0.385. The zero-order valence-electron chi connectivity index (χ0n) is 9.38. The highest BCUT2D eigenvalue weighted by molar-refractivity contribution is 5.91. The van der Waals surface area contributed by atoms with Gasteiger partial charge < -0.3 is 9.67 Å². The van der Waals surface area contributed by atoms with Gasteiger partial charge in [-0.1, -0.05) is 0 Å². The second-order valence-electron chi connectivity index (χ2n) is 3.85. The molecule has 0 bridgehead atoms. The van der Waals surface area contributed by atoms with Crippen molar-refractivity contribution in [2.45, 2.75) is 13.5 Å². The molecule has 0 aliphatic heterocycles. The Morgan fingerprint density at radius 1 is 1.56 bits per heavy atom. The van der Waals surface area contributed by atoms with Gasteiger partial charge in [0.2, 0.25) is 5.82 Å². The van der Waals surface area contributed by atoms with Crippen LogP contribution in [0.4, 0.5) is 10.1 Å². The third kappa shape index (κ3) is 1.79. The maximum atomic E-state index is 13.4. The summed E-state index contributed by atoms with van der Waals surface area (Å²) >= 11 is 0. The van der Waals surface area contributed by atoms with Crippen LogP contribution < -0.4 is 0 Å². The van der Waals surface area contributed by atoms with Crippen LogP contribution in [0.3, 0.4) is 0 Å². The Labute approximate surface area is 100 Å². The Morgan fingerprint density at radius 2 is 2.22 bits per heavy atom. The lowest BCUT2D eigenvalue weighted by Crippen LogP contribution is -2.09. The third-order valence-corrected chi connectivity index (χ3v) is 2.69. The zero-order chi connectivity index (χ0) is 13.4. The van der Waals surface area contributed by atoms with Crippen molar-refractivity contribution in [3.63, 3.8) is 0 Å². The largest absolute Gasteiger partial charge is 0.480 e. The smallest absolute Gasteiger partial charge is 0.323 e. The van der Waals surface area contributed by atoms with E-state index in [1.54, 1.807) is 6.92 Å². The van der Waals surface area contributed by atoms with Crippen molar-refractivity contribution in [2.24, 2.45) is 0 Å². The molecule has 1 N–H and O–H groups in total. The van der Waals surface area contributed by atoms with Crippen LogP contribution in [0, 0.1) is 22.9 Å². The van der Waals surface area contributed by atoms with Gasteiger partial charge >= 0.3 is 11.7 Å². The van der Waals surface area contributed by atoms with Crippen LogP contribution in [-0.2, 0) is 11.3 Å². The molecule has 0 aliphatic rings. The normalized spacial score (nSPS) is 10.8. The number of aromatic nitrogens is 1. The molecule has 0 spiro atoms. The monoisotopic (exact) mass is 252 g/mol. The first kappa shape index (κ1) is 12.0. The van der Waals surface area contributed by atoms with Gasteiger partial charge in [-0.15, -0.1) is 0 Å². The van der Waals surface area contributed by atoms with Crippen molar-refractivity contribution in [3.05, 3.63) is 39.8 Å². The minimum atomic E-state index is -1.07. The predicted molar refractivity (Wildman–Crippen MR) is 60.9 cm³/mol. The first-order valence-electron chi connectivity index (χ1n) is 5.06. The van der Waals surface area contributed by atoms with E-state index in [1.807, 2.05) is 0 Å². The number of rotatable bonds is 3.